The van der Waals surface area contributed by atoms with Crippen molar-refractivity contribution in [1.29, 1.82) is 0 Å². The largest absolute Gasteiger partial charge is 0.490 e. The summed E-state index contributed by atoms with van der Waals surface area (Å²) in [6.07, 6.45) is 0. The summed E-state index contributed by atoms with van der Waals surface area (Å²) >= 11 is 0. The van der Waals surface area contributed by atoms with Gasteiger partial charge in [-0.05, 0) is 48.9 Å². The van der Waals surface area contributed by atoms with Crippen molar-refractivity contribution in [3.8, 4) is 5.75 Å². The van der Waals surface area contributed by atoms with Crippen LogP contribution in [0, 0.1) is 6.92 Å². The van der Waals surface area contributed by atoms with Gasteiger partial charge >= 0.3 is 5.97 Å². The second kappa shape index (κ2) is 9.53. The van der Waals surface area contributed by atoms with Crippen molar-refractivity contribution < 1.29 is 22.7 Å². The van der Waals surface area contributed by atoms with Crippen LogP contribution >= 0.6 is 0 Å². The molecule has 6 nitrogen and oxygen atoms in total. The average molecular weight is 391 g/mol. The maximum Gasteiger partial charge on any atom is 0.338 e. The van der Waals surface area contributed by atoms with Gasteiger partial charge < -0.3 is 9.47 Å². The smallest absolute Gasteiger partial charge is 0.338 e. The molecule has 0 atom stereocenters. The minimum Gasteiger partial charge on any atom is -0.490 e. The molecule has 0 fully saturated rings. The normalized spacial score (nSPS) is 11.4. The van der Waals surface area contributed by atoms with E-state index < -0.39 is 16.0 Å². The number of carbonyl (C=O) groups excluding carboxylic acids is 1. The molecule has 0 radical (unpaired) electrons. The van der Waals surface area contributed by atoms with Crippen LogP contribution in [0.5, 0.6) is 5.75 Å². The molecular formula is C20H25NO5S. The first-order valence-electron chi connectivity index (χ1n) is 8.85. The van der Waals surface area contributed by atoms with Gasteiger partial charge in [0.15, 0.2) is 0 Å². The molecule has 0 aliphatic heterocycles. The number of aryl methyl sites for hydroxylation is 1. The van der Waals surface area contributed by atoms with Crippen molar-refractivity contribution in [2.75, 3.05) is 26.3 Å². The molecule has 0 saturated heterocycles. The van der Waals surface area contributed by atoms with E-state index in [-0.39, 0.29) is 18.1 Å². The van der Waals surface area contributed by atoms with E-state index in [2.05, 4.69) is 0 Å². The number of ether oxygens (including phenoxy) is 2. The Hall–Kier alpha value is -2.38. The molecule has 0 heterocycles. The Morgan fingerprint density at radius 3 is 2.26 bits per heavy atom. The number of hydrogen-bond donors (Lipinski definition) is 0. The summed E-state index contributed by atoms with van der Waals surface area (Å²) in [6, 6.07) is 13.4. The fourth-order valence-corrected chi connectivity index (χ4v) is 4.02. The van der Waals surface area contributed by atoms with Gasteiger partial charge in [0.2, 0.25) is 10.0 Å². The predicted molar refractivity (Wildman–Crippen MR) is 104 cm³/mol. The zero-order valence-corrected chi connectivity index (χ0v) is 16.7. The second-order valence-corrected chi connectivity index (χ2v) is 7.85. The van der Waals surface area contributed by atoms with E-state index in [0.29, 0.717) is 18.7 Å². The highest BCUT2D eigenvalue weighted by Crippen LogP contribution is 2.17. The number of nitrogens with zero attached hydrogens (tertiary/aromatic N) is 1. The molecule has 0 N–H and O–H groups in total. The van der Waals surface area contributed by atoms with Crippen molar-refractivity contribution in [1.82, 2.24) is 4.31 Å². The maximum atomic E-state index is 12.4. The molecule has 146 valence electrons. The first kappa shape index (κ1) is 20.9. The first-order chi connectivity index (χ1) is 12.9. The molecule has 0 spiro atoms. The van der Waals surface area contributed by atoms with Crippen molar-refractivity contribution in [2.45, 2.75) is 25.7 Å². The number of benzene rings is 2. The van der Waals surface area contributed by atoms with Crippen LogP contribution in [0.4, 0.5) is 0 Å². The van der Waals surface area contributed by atoms with E-state index in [9.17, 15) is 13.2 Å². The third-order valence-electron chi connectivity index (χ3n) is 4.01. The van der Waals surface area contributed by atoms with E-state index in [1.54, 1.807) is 13.8 Å². The molecular weight excluding hydrogens is 366 g/mol. The van der Waals surface area contributed by atoms with E-state index in [1.807, 2.05) is 31.2 Å². The van der Waals surface area contributed by atoms with Crippen LogP contribution in [-0.4, -0.2) is 45.0 Å². The van der Waals surface area contributed by atoms with E-state index >= 15 is 0 Å². The Balaban J connectivity index is 1.90. The first-order valence-corrected chi connectivity index (χ1v) is 10.3. The summed E-state index contributed by atoms with van der Waals surface area (Å²) in [6.45, 7) is 6.66. The second-order valence-electron chi connectivity index (χ2n) is 5.91. The van der Waals surface area contributed by atoms with Gasteiger partial charge in [-0.25, -0.2) is 13.2 Å². The molecule has 0 amide bonds. The van der Waals surface area contributed by atoms with Crippen LogP contribution in [0.15, 0.2) is 53.4 Å². The molecule has 0 aliphatic carbocycles. The van der Waals surface area contributed by atoms with Gasteiger partial charge in [0.1, 0.15) is 19.0 Å². The van der Waals surface area contributed by atoms with Crippen molar-refractivity contribution >= 4 is 16.0 Å². The third kappa shape index (κ3) is 5.55. The van der Waals surface area contributed by atoms with E-state index in [0.717, 1.165) is 11.3 Å². The number of esters is 1. The van der Waals surface area contributed by atoms with Gasteiger partial charge in [-0.1, -0.05) is 26.0 Å². The van der Waals surface area contributed by atoms with Crippen molar-refractivity contribution in [3.63, 3.8) is 0 Å². The standard InChI is InChI=1S/C20H25NO5S/c1-4-21(5-2)27(23,24)19-11-9-17(10-12-19)20(22)26-14-13-25-18-8-6-7-16(3)15-18/h6-12,15H,4-5,13-14H2,1-3H3. The van der Waals surface area contributed by atoms with E-state index in [4.69, 9.17) is 9.47 Å². The molecule has 0 bridgehead atoms. The van der Waals surface area contributed by atoms with Crippen LogP contribution in [0.25, 0.3) is 0 Å². The Bertz CT molecular complexity index is 858. The number of hydrogen-bond acceptors (Lipinski definition) is 5. The fourth-order valence-electron chi connectivity index (χ4n) is 2.56. The minimum atomic E-state index is -3.54. The van der Waals surface area contributed by atoms with Gasteiger partial charge in [-0.3, -0.25) is 0 Å². The highest BCUT2D eigenvalue weighted by atomic mass is 32.2. The van der Waals surface area contributed by atoms with Gasteiger partial charge in [0, 0.05) is 13.1 Å². The van der Waals surface area contributed by atoms with Crippen LogP contribution in [0.1, 0.15) is 29.8 Å². The number of rotatable bonds is 9. The Morgan fingerprint density at radius 2 is 1.67 bits per heavy atom. The van der Waals surface area contributed by atoms with Gasteiger partial charge in [-0.2, -0.15) is 4.31 Å². The predicted octanol–water partition coefficient (Wildman–Crippen LogP) is 3.26. The average Bonchev–Trinajstić information content (AvgIpc) is 2.66. The lowest BCUT2D eigenvalue weighted by atomic mass is 10.2. The lowest BCUT2D eigenvalue weighted by Crippen LogP contribution is -2.30. The van der Waals surface area contributed by atoms with Crippen LogP contribution in [-0.2, 0) is 14.8 Å². The topological polar surface area (TPSA) is 72.9 Å². The summed E-state index contributed by atoms with van der Waals surface area (Å²) in [5, 5.41) is 0. The molecule has 7 heteroatoms. The van der Waals surface area contributed by atoms with Gasteiger partial charge in [-0.15, -0.1) is 0 Å². The lowest BCUT2D eigenvalue weighted by molar-refractivity contribution is 0.0450. The van der Waals surface area contributed by atoms with Crippen LogP contribution in [0.3, 0.4) is 0 Å². The minimum absolute atomic E-state index is 0.103. The molecule has 27 heavy (non-hydrogen) atoms. The molecule has 0 aliphatic rings. The number of carbonyl (C=O) groups is 1. The van der Waals surface area contributed by atoms with E-state index in [1.165, 1.54) is 28.6 Å². The Labute approximate surface area is 160 Å². The van der Waals surface area contributed by atoms with Crippen molar-refractivity contribution in [2.24, 2.45) is 0 Å². The van der Waals surface area contributed by atoms with Crippen LogP contribution < -0.4 is 4.74 Å². The lowest BCUT2D eigenvalue weighted by Gasteiger charge is -2.18. The zero-order valence-electron chi connectivity index (χ0n) is 15.8. The third-order valence-corrected chi connectivity index (χ3v) is 6.07. The van der Waals surface area contributed by atoms with Crippen molar-refractivity contribution in [3.05, 3.63) is 59.7 Å². The highest BCUT2D eigenvalue weighted by Gasteiger charge is 2.21. The summed E-state index contributed by atoms with van der Waals surface area (Å²) in [4.78, 5) is 12.2. The highest BCUT2D eigenvalue weighted by molar-refractivity contribution is 7.89. The zero-order chi connectivity index (χ0) is 19.9. The summed E-state index contributed by atoms with van der Waals surface area (Å²) in [5.74, 6) is 0.201. The fraction of sp³-hybridized carbons (Fsp3) is 0.350. The number of sulfonamides is 1. The van der Waals surface area contributed by atoms with Crippen LogP contribution in [0.2, 0.25) is 0 Å². The molecule has 2 aromatic carbocycles. The summed E-state index contributed by atoms with van der Waals surface area (Å²) in [7, 11) is -3.54. The molecule has 2 rings (SSSR count). The monoisotopic (exact) mass is 391 g/mol. The molecule has 0 unspecified atom stereocenters. The Morgan fingerprint density at radius 1 is 1.00 bits per heavy atom. The molecule has 0 saturated carbocycles. The maximum absolute atomic E-state index is 12.4. The summed E-state index contributed by atoms with van der Waals surface area (Å²) < 4.78 is 36.9. The molecule has 2 aromatic rings. The SMILES string of the molecule is CCN(CC)S(=O)(=O)c1ccc(C(=O)OCCOc2cccc(C)c2)cc1. The molecule has 0 aromatic heterocycles. The Kier molecular flexibility index (Phi) is 7.38. The summed E-state index contributed by atoms with van der Waals surface area (Å²) in [5.41, 5.74) is 1.38. The van der Waals surface area contributed by atoms with Gasteiger partial charge in [0.05, 0.1) is 10.5 Å². The van der Waals surface area contributed by atoms with Gasteiger partial charge in [0.25, 0.3) is 0 Å². The quantitative estimate of drug-likeness (QED) is 0.485.